The number of rotatable bonds is 2. The fourth-order valence-electron chi connectivity index (χ4n) is 1.53. The maximum Gasteiger partial charge on any atom is 0.163 e. The average Bonchev–Trinajstić information content (AvgIpc) is 3.02. The Bertz CT molecular complexity index is 560. The Kier molecular flexibility index (Phi) is 2.11. The molecule has 0 N–H and O–H groups in total. The average molecular weight is 228 g/mol. The first-order valence-electron chi connectivity index (χ1n) is 4.88. The van der Waals surface area contributed by atoms with Gasteiger partial charge < -0.3 is 0 Å². The summed E-state index contributed by atoms with van der Waals surface area (Å²) in [6.07, 6.45) is 7.54. The van der Waals surface area contributed by atoms with Crippen LogP contribution in [0.15, 0.2) is 31.6 Å². The monoisotopic (exact) mass is 228 g/mol. The summed E-state index contributed by atoms with van der Waals surface area (Å²) in [5, 5.41) is 8.08. The molecule has 0 atom stereocenters. The number of hydrogen-bond donors (Lipinski definition) is 0. The van der Waals surface area contributed by atoms with E-state index in [1.807, 2.05) is 6.92 Å². The molecule has 3 heterocycles. The maximum atomic E-state index is 4.18. The summed E-state index contributed by atoms with van der Waals surface area (Å²) in [5.74, 6) is 1.34. The SMILES string of the molecule is Cc1c(-n2cncn2)ncnc1-n1cncn1. The van der Waals surface area contributed by atoms with Crippen molar-refractivity contribution >= 4 is 0 Å². The van der Waals surface area contributed by atoms with E-state index in [0.29, 0.717) is 11.6 Å². The lowest BCUT2D eigenvalue weighted by atomic mass is 10.3. The second kappa shape index (κ2) is 3.74. The van der Waals surface area contributed by atoms with E-state index < -0.39 is 0 Å². The molecule has 0 radical (unpaired) electrons. The Morgan fingerprint density at radius 3 is 1.76 bits per heavy atom. The van der Waals surface area contributed by atoms with Crippen LogP contribution in [0.4, 0.5) is 0 Å². The van der Waals surface area contributed by atoms with Gasteiger partial charge in [0, 0.05) is 5.56 Å². The van der Waals surface area contributed by atoms with E-state index in [0.717, 1.165) is 5.56 Å². The predicted octanol–water partition coefficient (Wildman–Crippen LogP) is -0.0536. The third-order valence-corrected chi connectivity index (χ3v) is 2.30. The second-order valence-corrected chi connectivity index (χ2v) is 3.33. The molecule has 0 aliphatic carbocycles. The third kappa shape index (κ3) is 1.55. The first-order valence-corrected chi connectivity index (χ1v) is 4.88. The van der Waals surface area contributed by atoms with Crippen molar-refractivity contribution in [1.82, 2.24) is 39.5 Å². The van der Waals surface area contributed by atoms with Gasteiger partial charge in [-0.15, -0.1) is 0 Å². The van der Waals surface area contributed by atoms with E-state index in [4.69, 9.17) is 0 Å². The lowest BCUT2D eigenvalue weighted by molar-refractivity contribution is 0.787. The number of nitrogens with zero attached hydrogens (tertiary/aromatic N) is 8. The van der Waals surface area contributed by atoms with Gasteiger partial charge in [0.2, 0.25) is 0 Å². The summed E-state index contributed by atoms with van der Waals surface area (Å²) < 4.78 is 3.16. The second-order valence-electron chi connectivity index (χ2n) is 3.33. The van der Waals surface area contributed by atoms with Gasteiger partial charge in [-0.1, -0.05) is 0 Å². The van der Waals surface area contributed by atoms with Crippen LogP contribution in [-0.2, 0) is 0 Å². The molecule has 0 aliphatic rings. The molecular formula is C9H8N8. The standard InChI is InChI=1S/C9H8N8/c1-7-8(16-5-10-2-14-16)12-4-13-9(7)17-6-11-3-15-17/h2-6H,1H3. The fraction of sp³-hybridized carbons (Fsp3) is 0.111. The molecule has 0 aromatic carbocycles. The number of aromatic nitrogens is 8. The Balaban J connectivity index is 2.17. The topological polar surface area (TPSA) is 87.2 Å². The number of hydrogen-bond acceptors (Lipinski definition) is 6. The summed E-state index contributed by atoms with van der Waals surface area (Å²) in [6.45, 7) is 1.90. The molecule has 84 valence electrons. The van der Waals surface area contributed by atoms with Crippen LogP contribution in [0, 0.1) is 6.92 Å². The highest BCUT2D eigenvalue weighted by Gasteiger charge is 2.10. The predicted molar refractivity (Wildman–Crippen MR) is 56.6 cm³/mol. The summed E-state index contributed by atoms with van der Waals surface area (Å²) in [4.78, 5) is 16.1. The van der Waals surface area contributed by atoms with E-state index in [-0.39, 0.29) is 0 Å². The van der Waals surface area contributed by atoms with Crippen molar-refractivity contribution in [2.75, 3.05) is 0 Å². The first-order chi connectivity index (χ1) is 8.36. The van der Waals surface area contributed by atoms with Crippen LogP contribution in [0.1, 0.15) is 5.56 Å². The van der Waals surface area contributed by atoms with Crippen LogP contribution in [0.2, 0.25) is 0 Å². The van der Waals surface area contributed by atoms with Crippen molar-refractivity contribution in [3.8, 4) is 11.6 Å². The minimum absolute atomic E-state index is 0.669. The van der Waals surface area contributed by atoms with Gasteiger partial charge in [0.15, 0.2) is 11.6 Å². The van der Waals surface area contributed by atoms with Gasteiger partial charge in [-0.2, -0.15) is 10.2 Å². The Morgan fingerprint density at radius 1 is 0.824 bits per heavy atom. The summed E-state index contributed by atoms with van der Waals surface area (Å²) in [7, 11) is 0. The highest BCUT2D eigenvalue weighted by atomic mass is 15.4. The van der Waals surface area contributed by atoms with E-state index in [9.17, 15) is 0 Å². The lowest BCUT2D eigenvalue weighted by Gasteiger charge is -2.07. The smallest absolute Gasteiger partial charge is 0.163 e. The van der Waals surface area contributed by atoms with E-state index in [2.05, 4.69) is 30.1 Å². The quantitative estimate of drug-likeness (QED) is 0.611. The van der Waals surface area contributed by atoms with Crippen molar-refractivity contribution in [3.05, 3.63) is 37.2 Å². The molecule has 3 aromatic rings. The molecule has 8 nitrogen and oxygen atoms in total. The van der Waals surface area contributed by atoms with E-state index >= 15 is 0 Å². The molecule has 3 rings (SSSR count). The van der Waals surface area contributed by atoms with Crippen LogP contribution in [0.25, 0.3) is 11.6 Å². The van der Waals surface area contributed by atoms with Gasteiger partial charge in [-0.3, -0.25) is 0 Å². The molecule has 0 fully saturated rings. The molecule has 0 amide bonds. The first kappa shape index (κ1) is 9.58. The molecular weight excluding hydrogens is 220 g/mol. The van der Waals surface area contributed by atoms with Crippen molar-refractivity contribution in [2.45, 2.75) is 6.92 Å². The molecule has 0 saturated heterocycles. The molecule has 0 spiro atoms. The van der Waals surface area contributed by atoms with Gasteiger partial charge in [-0.05, 0) is 6.92 Å². The van der Waals surface area contributed by atoms with Crippen molar-refractivity contribution in [3.63, 3.8) is 0 Å². The molecule has 0 bridgehead atoms. The Hall–Kier alpha value is -2.64. The summed E-state index contributed by atoms with van der Waals surface area (Å²) in [5.41, 5.74) is 0.850. The molecule has 17 heavy (non-hydrogen) atoms. The van der Waals surface area contributed by atoms with E-state index in [1.165, 1.54) is 19.0 Å². The van der Waals surface area contributed by atoms with Gasteiger partial charge in [0.1, 0.15) is 31.6 Å². The largest absolute Gasteiger partial charge is 0.223 e. The minimum atomic E-state index is 0.669. The maximum absolute atomic E-state index is 4.18. The summed E-state index contributed by atoms with van der Waals surface area (Å²) in [6, 6.07) is 0. The van der Waals surface area contributed by atoms with Crippen LogP contribution < -0.4 is 0 Å². The van der Waals surface area contributed by atoms with Gasteiger partial charge in [0.25, 0.3) is 0 Å². The molecule has 3 aromatic heterocycles. The van der Waals surface area contributed by atoms with Crippen LogP contribution in [-0.4, -0.2) is 39.5 Å². The van der Waals surface area contributed by atoms with Crippen LogP contribution >= 0.6 is 0 Å². The van der Waals surface area contributed by atoms with Gasteiger partial charge in [0.05, 0.1) is 0 Å². The normalized spacial score (nSPS) is 10.6. The minimum Gasteiger partial charge on any atom is -0.223 e. The van der Waals surface area contributed by atoms with E-state index in [1.54, 1.807) is 22.0 Å². The highest BCUT2D eigenvalue weighted by molar-refractivity contribution is 5.41. The molecule has 0 aliphatic heterocycles. The van der Waals surface area contributed by atoms with Crippen molar-refractivity contribution in [1.29, 1.82) is 0 Å². The highest BCUT2D eigenvalue weighted by Crippen LogP contribution is 2.14. The summed E-state index contributed by atoms with van der Waals surface area (Å²) >= 11 is 0. The zero-order valence-corrected chi connectivity index (χ0v) is 8.96. The van der Waals surface area contributed by atoms with Crippen LogP contribution in [0.5, 0.6) is 0 Å². The molecule has 0 unspecified atom stereocenters. The van der Waals surface area contributed by atoms with Gasteiger partial charge in [-0.25, -0.2) is 29.3 Å². The molecule has 0 saturated carbocycles. The Morgan fingerprint density at radius 2 is 1.35 bits per heavy atom. The lowest BCUT2D eigenvalue weighted by Crippen LogP contribution is -2.08. The van der Waals surface area contributed by atoms with Crippen molar-refractivity contribution < 1.29 is 0 Å². The Labute approximate surface area is 96.0 Å². The fourth-order valence-corrected chi connectivity index (χ4v) is 1.53. The third-order valence-electron chi connectivity index (χ3n) is 2.30. The zero-order chi connectivity index (χ0) is 11.7. The van der Waals surface area contributed by atoms with Crippen LogP contribution in [0.3, 0.4) is 0 Å². The van der Waals surface area contributed by atoms with Gasteiger partial charge >= 0.3 is 0 Å². The van der Waals surface area contributed by atoms with Crippen molar-refractivity contribution in [2.24, 2.45) is 0 Å². The zero-order valence-electron chi connectivity index (χ0n) is 8.96. The molecule has 8 heteroatoms.